The zero-order chi connectivity index (χ0) is 12.3. The molecule has 0 radical (unpaired) electrons. The Kier molecular flexibility index (Phi) is 3.99. The summed E-state index contributed by atoms with van der Waals surface area (Å²) in [5.74, 6) is -0.284. The van der Waals surface area contributed by atoms with Crippen molar-refractivity contribution >= 4 is 28.6 Å². The van der Waals surface area contributed by atoms with Crippen molar-refractivity contribution in [2.45, 2.75) is 6.04 Å². The van der Waals surface area contributed by atoms with Gasteiger partial charge in [-0.05, 0) is 18.2 Å². The fourth-order valence-electron chi connectivity index (χ4n) is 1.52. The van der Waals surface area contributed by atoms with Crippen molar-refractivity contribution in [2.24, 2.45) is 5.73 Å². The first kappa shape index (κ1) is 12.4. The standard InChI is InChI=1S/C12H12ClFN2S/c13-8-5-12(17-7-8)11(6-15)16-10-4-2-1-3-9(10)14/h1-5,7,11,16H,6,15H2. The van der Waals surface area contributed by atoms with Gasteiger partial charge in [0.15, 0.2) is 0 Å². The molecule has 1 unspecified atom stereocenters. The van der Waals surface area contributed by atoms with Crippen LogP contribution in [0.3, 0.4) is 0 Å². The average Bonchev–Trinajstić information content (AvgIpc) is 2.75. The second-order valence-corrected chi connectivity index (χ2v) is 4.96. The molecule has 1 heterocycles. The third-order valence-corrected chi connectivity index (χ3v) is 3.76. The minimum atomic E-state index is -0.284. The lowest BCUT2D eigenvalue weighted by Gasteiger charge is -2.17. The average molecular weight is 271 g/mol. The van der Waals surface area contributed by atoms with E-state index in [0.29, 0.717) is 17.3 Å². The Bertz CT molecular complexity index is 501. The third-order valence-electron chi connectivity index (χ3n) is 2.37. The second kappa shape index (κ2) is 5.49. The van der Waals surface area contributed by atoms with E-state index in [4.69, 9.17) is 17.3 Å². The van der Waals surface area contributed by atoms with Gasteiger partial charge in [0.05, 0.1) is 16.8 Å². The number of nitrogens with one attached hydrogen (secondary N) is 1. The van der Waals surface area contributed by atoms with Crippen LogP contribution < -0.4 is 11.1 Å². The first-order chi connectivity index (χ1) is 8.20. The van der Waals surface area contributed by atoms with E-state index in [-0.39, 0.29) is 11.9 Å². The van der Waals surface area contributed by atoms with E-state index in [1.165, 1.54) is 17.4 Å². The van der Waals surface area contributed by atoms with Crippen molar-refractivity contribution < 1.29 is 4.39 Å². The van der Waals surface area contributed by atoms with Gasteiger partial charge in [-0.25, -0.2) is 4.39 Å². The van der Waals surface area contributed by atoms with Crippen LogP contribution in [0, 0.1) is 5.82 Å². The topological polar surface area (TPSA) is 38.0 Å². The maximum Gasteiger partial charge on any atom is 0.146 e. The summed E-state index contributed by atoms with van der Waals surface area (Å²) in [7, 11) is 0. The lowest BCUT2D eigenvalue weighted by Crippen LogP contribution is -2.20. The van der Waals surface area contributed by atoms with Crippen LogP contribution >= 0.6 is 22.9 Å². The molecule has 0 amide bonds. The molecular weight excluding hydrogens is 259 g/mol. The third kappa shape index (κ3) is 2.97. The summed E-state index contributed by atoms with van der Waals surface area (Å²) in [6, 6.07) is 8.26. The maximum absolute atomic E-state index is 13.5. The Morgan fingerprint density at radius 1 is 1.41 bits per heavy atom. The number of rotatable bonds is 4. The van der Waals surface area contributed by atoms with E-state index in [2.05, 4.69) is 5.32 Å². The summed E-state index contributed by atoms with van der Waals surface area (Å²) in [5.41, 5.74) is 6.14. The minimum absolute atomic E-state index is 0.121. The molecule has 0 fully saturated rings. The molecule has 0 aliphatic rings. The van der Waals surface area contributed by atoms with Crippen LogP contribution in [0.15, 0.2) is 35.7 Å². The Hall–Kier alpha value is -1.10. The Balaban J connectivity index is 2.18. The fraction of sp³-hybridized carbons (Fsp3) is 0.167. The van der Waals surface area contributed by atoms with Crippen molar-refractivity contribution in [1.29, 1.82) is 0 Å². The molecule has 0 saturated carbocycles. The van der Waals surface area contributed by atoms with Gasteiger partial charge >= 0.3 is 0 Å². The van der Waals surface area contributed by atoms with Gasteiger partial charge in [-0.1, -0.05) is 23.7 Å². The van der Waals surface area contributed by atoms with Crippen molar-refractivity contribution in [3.05, 3.63) is 51.4 Å². The zero-order valence-corrected chi connectivity index (χ0v) is 10.6. The van der Waals surface area contributed by atoms with Crippen molar-refractivity contribution in [2.75, 3.05) is 11.9 Å². The monoisotopic (exact) mass is 270 g/mol. The molecule has 17 heavy (non-hydrogen) atoms. The molecule has 0 bridgehead atoms. The molecule has 5 heteroatoms. The molecule has 90 valence electrons. The van der Waals surface area contributed by atoms with E-state index in [9.17, 15) is 4.39 Å². The van der Waals surface area contributed by atoms with Gasteiger partial charge in [-0.15, -0.1) is 11.3 Å². The van der Waals surface area contributed by atoms with Gasteiger partial charge in [0.1, 0.15) is 5.82 Å². The second-order valence-electron chi connectivity index (χ2n) is 3.58. The summed E-state index contributed by atoms with van der Waals surface area (Å²) in [6.45, 7) is 0.380. The predicted molar refractivity (Wildman–Crippen MR) is 71.1 cm³/mol. The molecule has 1 atom stereocenters. The number of hydrogen-bond acceptors (Lipinski definition) is 3. The molecule has 0 saturated heterocycles. The maximum atomic E-state index is 13.5. The molecule has 0 aliphatic carbocycles. The van der Waals surface area contributed by atoms with Gasteiger partial charge in [0.25, 0.3) is 0 Å². The van der Waals surface area contributed by atoms with Crippen LogP contribution in [0.25, 0.3) is 0 Å². The summed E-state index contributed by atoms with van der Waals surface area (Å²) in [4.78, 5) is 1.00. The lowest BCUT2D eigenvalue weighted by molar-refractivity contribution is 0.626. The molecule has 1 aromatic heterocycles. The van der Waals surface area contributed by atoms with Gasteiger partial charge < -0.3 is 11.1 Å². The Morgan fingerprint density at radius 3 is 2.76 bits per heavy atom. The summed E-state index contributed by atoms with van der Waals surface area (Å²) in [5, 5.41) is 5.59. The quantitative estimate of drug-likeness (QED) is 0.890. The van der Waals surface area contributed by atoms with Crippen LogP contribution in [-0.2, 0) is 0 Å². The van der Waals surface area contributed by atoms with E-state index in [1.54, 1.807) is 18.2 Å². The van der Waals surface area contributed by atoms with Gasteiger partial charge in [-0.2, -0.15) is 0 Å². The lowest BCUT2D eigenvalue weighted by atomic mass is 10.2. The number of thiophene rings is 1. The van der Waals surface area contributed by atoms with Crippen LogP contribution in [0.4, 0.5) is 10.1 Å². The van der Waals surface area contributed by atoms with Crippen LogP contribution in [-0.4, -0.2) is 6.54 Å². The normalized spacial score (nSPS) is 12.4. The molecule has 1 aromatic carbocycles. The largest absolute Gasteiger partial charge is 0.374 e. The molecule has 2 rings (SSSR count). The number of para-hydroxylation sites is 1. The number of hydrogen-bond donors (Lipinski definition) is 2. The molecular formula is C12H12ClFN2S. The molecule has 3 N–H and O–H groups in total. The highest BCUT2D eigenvalue weighted by atomic mass is 35.5. The van der Waals surface area contributed by atoms with Gasteiger partial charge in [0, 0.05) is 16.8 Å². The number of halogens is 2. The zero-order valence-electron chi connectivity index (χ0n) is 8.99. The van der Waals surface area contributed by atoms with Crippen LogP contribution in [0.2, 0.25) is 5.02 Å². The molecule has 0 aliphatic heterocycles. The van der Waals surface area contributed by atoms with Gasteiger partial charge in [-0.3, -0.25) is 0 Å². The van der Waals surface area contributed by atoms with E-state index >= 15 is 0 Å². The first-order valence-electron chi connectivity index (χ1n) is 5.16. The summed E-state index contributed by atoms with van der Waals surface area (Å²) in [6.07, 6.45) is 0. The highest BCUT2D eigenvalue weighted by Gasteiger charge is 2.13. The fourth-order valence-corrected chi connectivity index (χ4v) is 2.67. The highest BCUT2D eigenvalue weighted by molar-refractivity contribution is 7.10. The SMILES string of the molecule is NCC(Nc1ccccc1F)c1cc(Cl)cs1. The van der Waals surface area contributed by atoms with E-state index < -0.39 is 0 Å². The summed E-state index contributed by atoms with van der Waals surface area (Å²) < 4.78 is 13.5. The molecule has 0 spiro atoms. The smallest absolute Gasteiger partial charge is 0.146 e. The van der Waals surface area contributed by atoms with Crippen molar-refractivity contribution in [1.82, 2.24) is 0 Å². The number of benzene rings is 1. The molecule has 2 aromatic rings. The van der Waals surface area contributed by atoms with Crippen molar-refractivity contribution in [3.8, 4) is 0 Å². The van der Waals surface area contributed by atoms with E-state index in [0.717, 1.165) is 4.88 Å². The van der Waals surface area contributed by atoms with Crippen molar-refractivity contribution in [3.63, 3.8) is 0 Å². The Morgan fingerprint density at radius 2 is 2.18 bits per heavy atom. The highest BCUT2D eigenvalue weighted by Crippen LogP contribution is 2.28. The minimum Gasteiger partial charge on any atom is -0.374 e. The van der Waals surface area contributed by atoms with Gasteiger partial charge in [0.2, 0.25) is 0 Å². The summed E-state index contributed by atoms with van der Waals surface area (Å²) >= 11 is 7.37. The van der Waals surface area contributed by atoms with Crippen LogP contribution in [0.1, 0.15) is 10.9 Å². The van der Waals surface area contributed by atoms with E-state index in [1.807, 2.05) is 11.4 Å². The molecule has 2 nitrogen and oxygen atoms in total. The predicted octanol–water partition coefficient (Wildman–Crippen LogP) is 3.65. The number of nitrogens with two attached hydrogens (primary N) is 1. The van der Waals surface area contributed by atoms with Crippen LogP contribution in [0.5, 0.6) is 0 Å². The number of anilines is 1. The first-order valence-corrected chi connectivity index (χ1v) is 6.41. The Labute approximate surface area is 108 Å².